The molecule has 0 unspecified atom stereocenters. The van der Waals surface area contributed by atoms with Gasteiger partial charge in [-0.2, -0.15) is 5.10 Å². The maximum Gasteiger partial charge on any atom is 0.269 e. The van der Waals surface area contributed by atoms with E-state index in [1.807, 2.05) is 71.9 Å². The van der Waals surface area contributed by atoms with Gasteiger partial charge in [0.1, 0.15) is 12.2 Å². The van der Waals surface area contributed by atoms with Crippen molar-refractivity contribution in [2.75, 3.05) is 0 Å². The van der Waals surface area contributed by atoms with E-state index in [0.717, 1.165) is 5.56 Å². The van der Waals surface area contributed by atoms with Crippen LogP contribution in [0.25, 0.3) is 21.9 Å². The number of ketones is 1. The maximum absolute atomic E-state index is 14.0. The molecule has 0 radical (unpaired) electrons. The molecule has 2 aromatic heterocycles. The maximum atomic E-state index is 14.0. The molecule has 0 aliphatic heterocycles. The second-order valence-corrected chi connectivity index (χ2v) is 13.1. The first kappa shape index (κ1) is 31.7. The third-order valence-electron chi connectivity index (χ3n) is 6.56. The summed E-state index contributed by atoms with van der Waals surface area (Å²) in [6.45, 7) is 12.6. The number of pyridine rings is 1. The number of Topliss-reactive ketones (excluding diaryl/α,β-unsaturated/α-hetero) is 1. The van der Waals surface area contributed by atoms with Crippen molar-refractivity contribution in [2.45, 2.75) is 79.1 Å². The van der Waals surface area contributed by atoms with Crippen molar-refractivity contribution in [1.82, 2.24) is 25.0 Å². The first-order valence-corrected chi connectivity index (χ1v) is 14.6. The van der Waals surface area contributed by atoms with Gasteiger partial charge in [0, 0.05) is 33.5 Å². The van der Waals surface area contributed by atoms with Gasteiger partial charge in [-0.05, 0) is 76.8 Å². The van der Waals surface area contributed by atoms with E-state index in [9.17, 15) is 19.2 Å². The molecule has 0 saturated carbocycles. The number of aromatic nitrogens is 3. The first-order chi connectivity index (χ1) is 20.1. The minimum Gasteiger partial charge on any atom is -0.350 e. The van der Waals surface area contributed by atoms with Crippen LogP contribution in [-0.4, -0.2) is 43.0 Å². The van der Waals surface area contributed by atoms with Gasteiger partial charge in [-0.25, -0.2) is 0 Å². The molecule has 0 fully saturated rings. The van der Waals surface area contributed by atoms with Crippen LogP contribution in [0.15, 0.2) is 59.4 Å². The molecule has 2 heterocycles. The van der Waals surface area contributed by atoms with E-state index < -0.39 is 17.0 Å². The standard InChI is InChI=1S/C33H38ClN5O4/c1-8-26(40)29-28(20-12-10-9-11-13-20)24-16-21(34)14-15-23(24)31(43)38(29)18-22-17-25(30(42)36-33(5,6)7)39(37-22)19-27(41)35-32(2,3)4/h9-17H,8,18-19H2,1-7H3,(H,35,41)(H,36,42). The Labute approximate surface area is 256 Å². The van der Waals surface area contributed by atoms with Crippen molar-refractivity contribution >= 4 is 40.0 Å². The lowest BCUT2D eigenvalue weighted by molar-refractivity contribution is -0.123. The number of halogens is 1. The fraction of sp³-hybridized carbons (Fsp3) is 0.364. The molecule has 2 N–H and O–H groups in total. The SMILES string of the molecule is CCC(=O)c1c(-c2ccccc2)c2cc(Cl)ccc2c(=O)n1Cc1cc(C(=O)NC(C)(C)C)n(CC(=O)NC(C)(C)C)n1. The summed E-state index contributed by atoms with van der Waals surface area (Å²) in [5.74, 6) is -0.961. The Morgan fingerprint density at radius 2 is 1.53 bits per heavy atom. The van der Waals surface area contributed by atoms with E-state index in [1.54, 1.807) is 31.2 Å². The van der Waals surface area contributed by atoms with E-state index in [2.05, 4.69) is 15.7 Å². The van der Waals surface area contributed by atoms with Crippen molar-refractivity contribution in [3.63, 3.8) is 0 Å². The van der Waals surface area contributed by atoms with Crippen LogP contribution >= 0.6 is 11.6 Å². The number of amides is 2. The minimum atomic E-state index is -0.540. The van der Waals surface area contributed by atoms with Gasteiger partial charge in [-0.1, -0.05) is 48.9 Å². The highest BCUT2D eigenvalue weighted by Crippen LogP contribution is 2.33. The highest BCUT2D eigenvalue weighted by Gasteiger charge is 2.26. The van der Waals surface area contributed by atoms with Crippen LogP contribution in [0.4, 0.5) is 0 Å². The summed E-state index contributed by atoms with van der Waals surface area (Å²) in [5, 5.41) is 11.8. The second kappa shape index (κ2) is 12.2. The van der Waals surface area contributed by atoms with Crippen molar-refractivity contribution < 1.29 is 14.4 Å². The fourth-order valence-electron chi connectivity index (χ4n) is 4.94. The van der Waals surface area contributed by atoms with E-state index in [4.69, 9.17) is 11.6 Å². The van der Waals surface area contributed by atoms with E-state index in [1.165, 1.54) is 9.25 Å². The second-order valence-electron chi connectivity index (χ2n) is 12.6. The van der Waals surface area contributed by atoms with Gasteiger partial charge >= 0.3 is 0 Å². The van der Waals surface area contributed by atoms with Crippen LogP contribution in [-0.2, 0) is 17.9 Å². The molecule has 2 aromatic carbocycles. The normalized spacial score (nSPS) is 11.9. The topological polar surface area (TPSA) is 115 Å². The van der Waals surface area contributed by atoms with Gasteiger partial charge in [-0.15, -0.1) is 0 Å². The molecule has 0 spiro atoms. The Bertz CT molecular complexity index is 1760. The molecule has 226 valence electrons. The Morgan fingerprint density at radius 3 is 2.14 bits per heavy atom. The number of carbonyl (C=O) groups excluding carboxylic acids is 3. The summed E-state index contributed by atoms with van der Waals surface area (Å²) in [6, 6.07) is 15.9. The lowest BCUT2D eigenvalue weighted by atomic mass is 9.94. The summed E-state index contributed by atoms with van der Waals surface area (Å²) < 4.78 is 2.75. The largest absolute Gasteiger partial charge is 0.350 e. The van der Waals surface area contributed by atoms with Crippen molar-refractivity contribution in [3.05, 3.63) is 87.1 Å². The van der Waals surface area contributed by atoms with Crippen LogP contribution < -0.4 is 16.2 Å². The predicted molar refractivity (Wildman–Crippen MR) is 170 cm³/mol. The number of rotatable bonds is 8. The van der Waals surface area contributed by atoms with Crippen LogP contribution in [0.1, 0.15) is 81.6 Å². The molecule has 0 bridgehead atoms. The zero-order valence-electron chi connectivity index (χ0n) is 25.7. The first-order valence-electron chi connectivity index (χ1n) is 14.2. The number of carbonyl (C=O) groups is 3. The highest BCUT2D eigenvalue weighted by atomic mass is 35.5. The summed E-state index contributed by atoms with van der Waals surface area (Å²) in [6.07, 6.45) is 0.159. The van der Waals surface area contributed by atoms with Gasteiger partial charge in [-0.3, -0.25) is 28.4 Å². The van der Waals surface area contributed by atoms with Crippen molar-refractivity contribution in [3.8, 4) is 11.1 Å². The molecule has 2 amide bonds. The average Bonchev–Trinajstić information content (AvgIpc) is 3.30. The van der Waals surface area contributed by atoms with Crippen LogP contribution in [0.2, 0.25) is 5.02 Å². The number of hydrogen-bond acceptors (Lipinski definition) is 5. The zero-order valence-corrected chi connectivity index (χ0v) is 26.4. The quantitative estimate of drug-likeness (QED) is 0.254. The summed E-state index contributed by atoms with van der Waals surface area (Å²) in [5.41, 5.74) is 0.698. The number of hydrogen-bond donors (Lipinski definition) is 2. The summed E-state index contributed by atoms with van der Waals surface area (Å²) >= 11 is 6.37. The Kier molecular flexibility index (Phi) is 8.97. The molecule has 0 aliphatic rings. The zero-order chi connectivity index (χ0) is 31.7. The molecule has 4 aromatic rings. The third-order valence-corrected chi connectivity index (χ3v) is 6.80. The monoisotopic (exact) mass is 603 g/mol. The third kappa shape index (κ3) is 7.40. The van der Waals surface area contributed by atoms with Gasteiger partial charge in [0.05, 0.1) is 17.9 Å². The van der Waals surface area contributed by atoms with Crippen molar-refractivity contribution in [2.24, 2.45) is 0 Å². The van der Waals surface area contributed by atoms with Gasteiger partial charge in [0.2, 0.25) is 5.91 Å². The van der Waals surface area contributed by atoms with E-state index in [-0.39, 0.29) is 48.1 Å². The minimum absolute atomic E-state index is 0.0952. The van der Waals surface area contributed by atoms with Gasteiger partial charge < -0.3 is 10.6 Å². The molecule has 43 heavy (non-hydrogen) atoms. The Balaban J connectivity index is 1.93. The summed E-state index contributed by atoms with van der Waals surface area (Å²) in [4.78, 5) is 53.7. The number of nitrogens with one attached hydrogen (secondary N) is 2. The van der Waals surface area contributed by atoms with Crippen LogP contribution in [0.5, 0.6) is 0 Å². The summed E-state index contributed by atoms with van der Waals surface area (Å²) in [7, 11) is 0. The molecule has 10 heteroatoms. The smallest absolute Gasteiger partial charge is 0.269 e. The number of nitrogens with zero attached hydrogens (tertiary/aromatic N) is 3. The number of fused-ring (bicyclic) bond motifs is 1. The van der Waals surface area contributed by atoms with Crippen molar-refractivity contribution in [1.29, 1.82) is 0 Å². The molecular formula is C33H38ClN5O4. The van der Waals surface area contributed by atoms with E-state index >= 15 is 0 Å². The van der Waals surface area contributed by atoms with E-state index in [0.29, 0.717) is 27.1 Å². The van der Waals surface area contributed by atoms with Gasteiger partial charge in [0.15, 0.2) is 5.78 Å². The fourth-order valence-corrected chi connectivity index (χ4v) is 5.11. The lowest BCUT2D eigenvalue weighted by Gasteiger charge is -2.22. The predicted octanol–water partition coefficient (Wildman–Crippen LogP) is 5.60. The van der Waals surface area contributed by atoms with Gasteiger partial charge in [0.25, 0.3) is 11.5 Å². The molecule has 0 atom stereocenters. The van der Waals surface area contributed by atoms with Crippen LogP contribution in [0, 0.1) is 0 Å². The van der Waals surface area contributed by atoms with Crippen LogP contribution in [0.3, 0.4) is 0 Å². The Hall–Kier alpha value is -4.24. The molecule has 0 saturated heterocycles. The molecule has 9 nitrogen and oxygen atoms in total. The number of benzene rings is 2. The molecule has 0 aliphatic carbocycles. The Morgan fingerprint density at radius 1 is 0.884 bits per heavy atom. The molecular weight excluding hydrogens is 566 g/mol. The molecule has 4 rings (SSSR count). The highest BCUT2D eigenvalue weighted by molar-refractivity contribution is 6.31. The lowest BCUT2D eigenvalue weighted by Crippen LogP contribution is -2.44. The average molecular weight is 604 g/mol.